The van der Waals surface area contributed by atoms with Crippen LogP contribution in [0.15, 0.2) is 35.7 Å². The van der Waals surface area contributed by atoms with Crippen LogP contribution in [-0.2, 0) is 5.41 Å². The Morgan fingerprint density at radius 3 is 2.53 bits per heavy atom. The lowest BCUT2D eigenvalue weighted by molar-refractivity contribution is 0.0691. The molecule has 2 aromatic rings. The molecular formula is C13H11NO2S. The van der Waals surface area contributed by atoms with Crippen molar-refractivity contribution in [1.82, 2.24) is 4.98 Å². The Morgan fingerprint density at radius 2 is 2.00 bits per heavy atom. The van der Waals surface area contributed by atoms with Gasteiger partial charge in [-0.1, -0.05) is 30.3 Å². The molecular weight excluding hydrogens is 234 g/mol. The number of aromatic nitrogens is 1. The largest absolute Gasteiger partial charge is 0.476 e. The molecule has 0 amide bonds. The normalized spacial score (nSPS) is 16.7. The number of hydrogen-bond acceptors (Lipinski definition) is 3. The Hall–Kier alpha value is -1.68. The van der Waals surface area contributed by atoms with Gasteiger partial charge in [0.15, 0.2) is 5.69 Å². The molecule has 0 aliphatic heterocycles. The quantitative estimate of drug-likeness (QED) is 0.904. The molecule has 1 fully saturated rings. The molecule has 1 heterocycles. The van der Waals surface area contributed by atoms with Gasteiger partial charge in [0, 0.05) is 10.8 Å². The third-order valence-corrected chi connectivity index (χ3v) is 4.26. The fraction of sp³-hybridized carbons (Fsp3) is 0.231. The molecule has 0 saturated heterocycles. The van der Waals surface area contributed by atoms with Crippen molar-refractivity contribution in [2.24, 2.45) is 0 Å². The molecule has 0 radical (unpaired) electrons. The molecule has 4 heteroatoms. The van der Waals surface area contributed by atoms with Crippen LogP contribution in [-0.4, -0.2) is 16.1 Å². The van der Waals surface area contributed by atoms with Crippen LogP contribution in [0.25, 0.3) is 0 Å². The summed E-state index contributed by atoms with van der Waals surface area (Å²) in [5.41, 5.74) is 1.39. The maximum atomic E-state index is 10.8. The van der Waals surface area contributed by atoms with Crippen molar-refractivity contribution in [1.29, 1.82) is 0 Å². The lowest BCUT2D eigenvalue weighted by Gasteiger charge is -2.11. The Morgan fingerprint density at radius 1 is 1.29 bits per heavy atom. The minimum Gasteiger partial charge on any atom is -0.476 e. The summed E-state index contributed by atoms with van der Waals surface area (Å²) in [6, 6.07) is 10.2. The molecule has 1 aromatic carbocycles. The van der Waals surface area contributed by atoms with Crippen LogP contribution in [0.4, 0.5) is 0 Å². The monoisotopic (exact) mass is 245 g/mol. The lowest BCUT2D eigenvalue weighted by atomic mass is 9.97. The van der Waals surface area contributed by atoms with Crippen molar-refractivity contribution >= 4 is 17.3 Å². The van der Waals surface area contributed by atoms with Gasteiger partial charge in [0.25, 0.3) is 0 Å². The van der Waals surface area contributed by atoms with Gasteiger partial charge in [-0.25, -0.2) is 9.78 Å². The summed E-state index contributed by atoms with van der Waals surface area (Å²) in [6.07, 6.45) is 2.12. The number of carboxylic acid groups (broad SMARTS) is 1. The molecule has 1 aromatic heterocycles. The first kappa shape index (κ1) is 10.5. The van der Waals surface area contributed by atoms with Crippen molar-refractivity contribution in [3.8, 4) is 0 Å². The third kappa shape index (κ3) is 1.65. The Balaban J connectivity index is 2.01. The van der Waals surface area contributed by atoms with Gasteiger partial charge in [-0.15, -0.1) is 11.3 Å². The standard InChI is InChI=1S/C13H11NO2S/c15-11(16)10-8-17-12(14-10)13(6-7-13)9-4-2-1-3-5-9/h1-5,8H,6-7H2,(H,15,16). The van der Waals surface area contributed by atoms with E-state index >= 15 is 0 Å². The fourth-order valence-corrected chi connectivity index (χ4v) is 3.18. The number of nitrogens with zero attached hydrogens (tertiary/aromatic N) is 1. The van der Waals surface area contributed by atoms with E-state index < -0.39 is 5.97 Å². The number of hydrogen-bond donors (Lipinski definition) is 1. The summed E-state index contributed by atoms with van der Waals surface area (Å²) in [5.74, 6) is -0.948. The van der Waals surface area contributed by atoms with Crippen molar-refractivity contribution in [3.63, 3.8) is 0 Å². The number of carbonyl (C=O) groups is 1. The van der Waals surface area contributed by atoms with Crippen LogP contribution in [0.5, 0.6) is 0 Å². The zero-order chi connectivity index (χ0) is 11.9. The van der Waals surface area contributed by atoms with E-state index in [4.69, 9.17) is 5.11 Å². The zero-order valence-electron chi connectivity index (χ0n) is 9.09. The summed E-state index contributed by atoms with van der Waals surface area (Å²) < 4.78 is 0. The average molecular weight is 245 g/mol. The van der Waals surface area contributed by atoms with Crippen LogP contribution < -0.4 is 0 Å². The predicted octanol–water partition coefficient (Wildman–Crippen LogP) is 2.92. The van der Waals surface area contributed by atoms with Crippen molar-refractivity contribution in [2.75, 3.05) is 0 Å². The Kier molecular flexibility index (Phi) is 2.26. The lowest BCUT2D eigenvalue weighted by Crippen LogP contribution is -2.08. The highest BCUT2D eigenvalue weighted by atomic mass is 32.1. The first-order valence-electron chi connectivity index (χ1n) is 5.47. The maximum absolute atomic E-state index is 10.8. The minimum atomic E-state index is -0.948. The molecule has 1 aliphatic carbocycles. The molecule has 17 heavy (non-hydrogen) atoms. The predicted molar refractivity (Wildman–Crippen MR) is 65.5 cm³/mol. The number of thiazole rings is 1. The van der Waals surface area contributed by atoms with Gasteiger partial charge in [0.1, 0.15) is 5.01 Å². The van der Waals surface area contributed by atoms with Crippen LogP contribution in [0.2, 0.25) is 0 Å². The van der Waals surface area contributed by atoms with Gasteiger partial charge in [-0.3, -0.25) is 0 Å². The van der Waals surface area contributed by atoms with E-state index in [-0.39, 0.29) is 11.1 Å². The van der Waals surface area contributed by atoms with Crippen LogP contribution in [0, 0.1) is 0 Å². The van der Waals surface area contributed by atoms with Gasteiger partial charge < -0.3 is 5.11 Å². The third-order valence-electron chi connectivity index (χ3n) is 3.21. The van der Waals surface area contributed by atoms with Gasteiger partial charge in [0.2, 0.25) is 0 Å². The van der Waals surface area contributed by atoms with Gasteiger partial charge in [0.05, 0.1) is 0 Å². The molecule has 1 saturated carbocycles. The second-order valence-electron chi connectivity index (χ2n) is 4.29. The van der Waals surface area contributed by atoms with Crippen LogP contribution >= 0.6 is 11.3 Å². The van der Waals surface area contributed by atoms with Crippen molar-refractivity contribution in [2.45, 2.75) is 18.3 Å². The van der Waals surface area contributed by atoms with Crippen LogP contribution in [0.3, 0.4) is 0 Å². The van der Waals surface area contributed by atoms with Gasteiger partial charge in [-0.05, 0) is 18.4 Å². The average Bonchev–Trinajstić information content (AvgIpc) is 3.00. The van der Waals surface area contributed by atoms with Gasteiger partial charge in [-0.2, -0.15) is 0 Å². The van der Waals surface area contributed by atoms with E-state index in [0.29, 0.717) is 0 Å². The van der Waals surface area contributed by atoms with Crippen LogP contribution in [0.1, 0.15) is 33.9 Å². The summed E-state index contributed by atoms with van der Waals surface area (Å²) in [5, 5.41) is 11.5. The summed E-state index contributed by atoms with van der Waals surface area (Å²) in [6.45, 7) is 0. The van der Waals surface area contributed by atoms with E-state index in [1.54, 1.807) is 5.38 Å². The summed E-state index contributed by atoms with van der Waals surface area (Å²) in [7, 11) is 0. The zero-order valence-corrected chi connectivity index (χ0v) is 9.91. The highest BCUT2D eigenvalue weighted by molar-refractivity contribution is 7.10. The maximum Gasteiger partial charge on any atom is 0.355 e. The Bertz CT molecular complexity index is 558. The molecule has 86 valence electrons. The highest BCUT2D eigenvalue weighted by Gasteiger charge is 2.48. The molecule has 1 aliphatic rings. The molecule has 0 unspecified atom stereocenters. The van der Waals surface area contributed by atoms with Crippen molar-refractivity contribution in [3.05, 3.63) is 52.0 Å². The van der Waals surface area contributed by atoms with Gasteiger partial charge >= 0.3 is 5.97 Å². The summed E-state index contributed by atoms with van der Waals surface area (Å²) in [4.78, 5) is 15.1. The number of rotatable bonds is 3. The van der Waals surface area contributed by atoms with E-state index in [2.05, 4.69) is 17.1 Å². The van der Waals surface area contributed by atoms with Crippen molar-refractivity contribution < 1.29 is 9.90 Å². The Labute approximate surface area is 103 Å². The molecule has 3 nitrogen and oxygen atoms in total. The van der Waals surface area contributed by atoms with E-state index in [1.807, 2.05) is 18.2 Å². The topological polar surface area (TPSA) is 50.2 Å². The molecule has 0 atom stereocenters. The first-order chi connectivity index (χ1) is 8.22. The number of benzene rings is 1. The smallest absolute Gasteiger partial charge is 0.355 e. The number of carboxylic acids is 1. The molecule has 0 spiro atoms. The fourth-order valence-electron chi connectivity index (χ4n) is 2.10. The van der Waals surface area contributed by atoms with E-state index in [1.165, 1.54) is 16.9 Å². The molecule has 0 bridgehead atoms. The number of aromatic carboxylic acids is 1. The molecule has 1 N–H and O–H groups in total. The first-order valence-corrected chi connectivity index (χ1v) is 6.35. The van der Waals surface area contributed by atoms with E-state index in [9.17, 15) is 4.79 Å². The minimum absolute atomic E-state index is 0.0143. The molecule has 3 rings (SSSR count). The second kappa shape index (κ2) is 3.67. The second-order valence-corrected chi connectivity index (χ2v) is 5.15. The summed E-state index contributed by atoms with van der Waals surface area (Å²) >= 11 is 1.45. The SMILES string of the molecule is O=C(O)c1csc(C2(c3ccccc3)CC2)n1. The van der Waals surface area contributed by atoms with E-state index in [0.717, 1.165) is 17.8 Å². The highest BCUT2D eigenvalue weighted by Crippen LogP contribution is 2.54.